The van der Waals surface area contributed by atoms with E-state index in [2.05, 4.69) is 191 Å². The van der Waals surface area contributed by atoms with Gasteiger partial charge in [-0.2, -0.15) is 0 Å². The van der Waals surface area contributed by atoms with Crippen LogP contribution in [0.4, 0.5) is 17.1 Å². The van der Waals surface area contributed by atoms with E-state index in [0.717, 1.165) is 55.8 Å². The van der Waals surface area contributed by atoms with Crippen LogP contribution in [0.5, 0.6) is 0 Å². The minimum absolute atomic E-state index is 0.877. The lowest BCUT2D eigenvalue weighted by Crippen LogP contribution is -2.10. The fourth-order valence-corrected chi connectivity index (χ4v) is 7.61. The fourth-order valence-electron chi connectivity index (χ4n) is 7.61. The van der Waals surface area contributed by atoms with E-state index in [1.165, 1.54) is 32.6 Å². The van der Waals surface area contributed by atoms with Crippen LogP contribution in [-0.4, -0.2) is 4.57 Å². The lowest BCUT2D eigenvalue weighted by atomic mass is 9.97. The molecule has 0 atom stereocenters. The highest BCUT2D eigenvalue weighted by Crippen LogP contribution is 2.48. The predicted octanol–water partition coefficient (Wildman–Crippen LogP) is 13.0. The summed E-state index contributed by atoms with van der Waals surface area (Å²) in [6.45, 7) is 0. The van der Waals surface area contributed by atoms with Gasteiger partial charge in [0.2, 0.25) is 0 Å². The van der Waals surface area contributed by atoms with Crippen LogP contribution in [0.2, 0.25) is 0 Å². The van der Waals surface area contributed by atoms with Crippen molar-refractivity contribution in [3.63, 3.8) is 0 Å². The molecule has 0 fully saturated rings. The number of nitrogens with zero attached hydrogens (tertiary/aromatic N) is 2. The second-order valence-corrected chi connectivity index (χ2v) is 12.5. The summed E-state index contributed by atoms with van der Waals surface area (Å²) in [5, 5.41) is 7.06. The van der Waals surface area contributed by atoms with Gasteiger partial charge in [0.05, 0.1) is 22.1 Å². The number of hydrogen-bond acceptors (Lipinski definition) is 2. The van der Waals surface area contributed by atoms with Crippen LogP contribution in [0.25, 0.3) is 71.3 Å². The van der Waals surface area contributed by atoms with Gasteiger partial charge >= 0.3 is 0 Å². The standard InChI is InChI=1S/C46H30N2O/c1-4-15-33(16-5-1)47(34-17-6-2-7-18-34)41-28-27-37(46-45(41)44-36-21-11-10-14-31(36)25-29-43(44)49-46)32-24-26-39-38-22-12-13-23-40(38)48(42(39)30-32)35-19-8-3-9-20-35/h1-30H. The van der Waals surface area contributed by atoms with Crippen molar-refractivity contribution in [3.05, 3.63) is 182 Å². The summed E-state index contributed by atoms with van der Waals surface area (Å²) in [5.74, 6) is 0. The van der Waals surface area contributed by atoms with Gasteiger partial charge in [-0.15, -0.1) is 0 Å². The summed E-state index contributed by atoms with van der Waals surface area (Å²) in [6, 6.07) is 64.7. The molecule has 0 radical (unpaired) electrons. The Morgan fingerprint density at radius 2 is 1.08 bits per heavy atom. The Hall–Kier alpha value is -6.58. The molecule has 3 heteroatoms. The molecule has 3 nitrogen and oxygen atoms in total. The van der Waals surface area contributed by atoms with E-state index in [1.807, 2.05) is 0 Å². The van der Waals surface area contributed by atoms with Gasteiger partial charge in [-0.05, 0) is 83.1 Å². The smallest absolute Gasteiger partial charge is 0.145 e. The lowest BCUT2D eigenvalue weighted by molar-refractivity contribution is 0.670. The number of anilines is 3. The largest absolute Gasteiger partial charge is 0.455 e. The molecular weight excluding hydrogens is 597 g/mol. The highest BCUT2D eigenvalue weighted by Gasteiger charge is 2.24. The van der Waals surface area contributed by atoms with E-state index in [4.69, 9.17) is 4.42 Å². The molecule has 0 N–H and O–H groups in total. The van der Waals surface area contributed by atoms with Crippen LogP contribution >= 0.6 is 0 Å². The van der Waals surface area contributed by atoms with Crippen LogP contribution in [0.1, 0.15) is 0 Å². The predicted molar refractivity (Wildman–Crippen MR) is 206 cm³/mol. The molecule has 8 aromatic carbocycles. The molecule has 0 saturated heterocycles. The number of furan rings is 1. The molecule has 0 aliphatic rings. The van der Waals surface area contributed by atoms with Crippen molar-refractivity contribution in [2.75, 3.05) is 4.90 Å². The van der Waals surface area contributed by atoms with Gasteiger partial charge < -0.3 is 13.9 Å². The minimum Gasteiger partial charge on any atom is -0.455 e. The average molecular weight is 627 g/mol. The van der Waals surface area contributed by atoms with Gasteiger partial charge in [-0.3, -0.25) is 0 Å². The van der Waals surface area contributed by atoms with Crippen LogP contribution in [0, 0.1) is 0 Å². The molecule has 0 spiro atoms. The van der Waals surface area contributed by atoms with Gasteiger partial charge in [-0.25, -0.2) is 0 Å². The van der Waals surface area contributed by atoms with Crippen molar-refractivity contribution in [2.24, 2.45) is 0 Å². The number of aromatic nitrogens is 1. The molecule has 0 amide bonds. The van der Waals surface area contributed by atoms with Crippen LogP contribution in [0.3, 0.4) is 0 Å². The topological polar surface area (TPSA) is 21.3 Å². The first-order valence-corrected chi connectivity index (χ1v) is 16.7. The quantitative estimate of drug-likeness (QED) is 0.190. The normalized spacial score (nSPS) is 11.7. The molecule has 0 bridgehead atoms. The second-order valence-electron chi connectivity index (χ2n) is 12.5. The minimum atomic E-state index is 0.877. The maximum absolute atomic E-state index is 6.96. The SMILES string of the molecule is c1ccc(N(c2ccccc2)c2ccc(-c3ccc4c5ccccc5n(-c5ccccc5)c4c3)c3oc4ccc5ccccc5c4c23)cc1. The van der Waals surface area contributed by atoms with Gasteiger partial charge in [-0.1, -0.05) is 115 Å². The first-order chi connectivity index (χ1) is 24.3. The summed E-state index contributed by atoms with van der Waals surface area (Å²) in [6.07, 6.45) is 0. The maximum atomic E-state index is 6.96. The second kappa shape index (κ2) is 11.0. The molecule has 49 heavy (non-hydrogen) atoms. The van der Waals surface area contributed by atoms with Gasteiger partial charge in [0.15, 0.2) is 0 Å². The Kier molecular flexibility index (Phi) is 6.18. The summed E-state index contributed by atoms with van der Waals surface area (Å²) in [7, 11) is 0. The first kappa shape index (κ1) is 27.5. The van der Waals surface area contributed by atoms with Crippen LogP contribution < -0.4 is 4.90 Å². The number of rotatable bonds is 5. The summed E-state index contributed by atoms with van der Waals surface area (Å²) in [4.78, 5) is 2.35. The molecule has 0 aliphatic carbocycles. The molecule has 0 aliphatic heterocycles. The van der Waals surface area contributed by atoms with E-state index >= 15 is 0 Å². The monoisotopic (exact) mass is 626 g/mol. The molecule has 10 aromatic rings. The van der Waals surface area contributed by atoms with Gasteiger partial charge in [0.25, 0.3) is 0 Å². The average Bonchev–Trinajstić information content (AvgIpc) is 3.73. The third kappa shape index (κ3) is 4.29. The summed E-state index contributed by atoms with van der Waals surface area (Å²) in [5.41, 5.74) is 10.7. The van der Waals surface area contributed by atoms with E-state index in [9.17, 15) is 0 Å². The van der Waals surface area contributed by atoms with Crippen molar-refractivity contribution in [2.45, 2.75) is 0 Å². The molecule has 0 saturated carbocycles. The third-order valence-corrected chi connectivity index (χ3v) is 9.76. The van der Waals surface area contributed by atoms with Gasteiger partial charge in [0.1, 0.15) is 11.2 Å². The van der Waals surface area contributed by atoms with E-state index in [-0.39, 0.29) is 0 Å². The highest BCUT2D eigenvalue weighted by molar-refractivity contribution is 6.25. The number of para-hydroxylation sites is 4. The lowest BCUT2D eigenvalue weighted by Gasteiger charge is -2.26. The fraction of sp³-hybridized carbons (Fsp3) is 0. The van der Waals surface area contributed by atoms with Gasteiger partial charge in [0, 0.05) is 38.8 Å². The number of hydrogen-bond donors (Lipinski definition) is 0. The maximum Gasteiger partial charge on any atom is 0.145 e. The third-order valence-electron chi connectivity index (χ3n) is 9.76. The molecular formula is C46H30N2O. The molecule has 0 unspecified atom stereocenters. The Labute approximate surface area is 283 Å². The zero-order chi connectivity index (χ0) is 32.3. The van der Waals surface area contributed by atoms with Crippen molar-refractivity contribution < 1.29 is 4.42 Å². The Morgan fingerprint density at radius 3 is 1.84 bits per heavy atom. The Morgan fingerprint density at radius 1 is 0.449 bits per heavy atom. The number of fused-ring (bicyclic) bond motifs is 8. The molecule has 2 aromatic heterocycles. The number of benzene rings is 8. The van der Waals surface area contributed by atoms with E-state index < -0.39 is 0 Å². The molecule has 10 rings (SSSR count). The highest BCUT2D eigenvalue weighted by atomic mass is 16.3. The Balaban J connectivity index is 1.30. The Bertz CT molecular complexity index is 2770. The van der Waals surface area contributed by atoms with E-state index in [0.29, 0.717) is 0 Å². The zero-order valence-corrected chi connectivity index (χ0v) is 26.6. The van der Waals surface area contributed by atoms with Crippen molar-refractivity contribution in [1.82, 2.24) is 4.57 Å². The molecule has 230 valence electrons. The summed E-state index contributed by atoms with van der Waals surface area (Å²) >= 11 is 0. The van der Waals surface area contributed by atoms with E-state index in [1.54, 1.807) is 0 Å². The van der Waals surface area contributed by atoms with Crippen molar-refractivity contribution in [1.29, 1.82) is 0 Å². The summed E-state index contributed by atoms with van der Waals surface area (Å²) < 4.78 is 9.33. The van der Waals surface area contributed by atoms with Crippen LogP contribution in [-0.2, 0) is 0 Å². The van der Waals surface area contributed by atoms with Crippen molar-refractivity contribution in [3.8, 4) is 16.8 Å². The molecule has 2 heterocycles. The van der Waals surface area contributed by atoms with Crippen molar-refractivity contribution >= 4 is 71.6 Å². The van der Waals surface area contributed by atoms with Crippen LogP contribution in [0.15, 0.2) is 186 Å². The zero-order valence-electron chi connectivity index (χ0n) is 26.6. The first-order valence-electron chi connectivity index (χ1n) is 16.7.